The van der Waals surface area contributed by atoms with Crippen LogP contribution in [0.5, 0.6) is 5.75 Å². The molecule has 1 heteroatoms. The third kappa shape index (κ3) is 6.49. The maximum absolute atomic E-state index is 10.1. The van der Waals surface area contributed by atoms with Gasteiger partial charge >= 0.3 is 0 Å². The molecule has 0 amide bonds. The largest absolute Gasteiger partial charge is 0.507 e. The summed E-state index contributed by atoms with van der Waals surface area (Å²) >= 11 is 0. The summed E-state index contributed by atoms with van der Waals surface area (Å²) in [6.45, 7) is 4.08. The molecule has 1 fully saturated rings. The fraction of sp³-hybridized carbons (Fsp3) is 0.739. The molecule has 0 atom stereocenters. The van der Waals surface area contributed by atoms with Gasteiger partial charge in [0, 0.05) is 0 Å². The molecule has 24 heavy (non-hydrogen) atoms. The van der Waals surface area contributed by atoms with Gasteiger partial charge in [-0.2, -0.15) is 0 Å². The normalized spacial score (nSPS) is 20.2. The van der Waals surface area contributed by atoms with Gasteiger partial charge in [0.25, 0.3) is 0 Å². The van der Waals surface area contributed by atoms with Crippen molar-refractivity contribution in [3.8, 4) is 5.75 Å². The fourth-order valence-corrected chi connectivity index (χ4v) is 4.25. The first-order chi connectivity index (χ1) is 11.7. The molecule has 0 aliphatic heterocycles. The fourth-order valence-electron chi connectivity index (χ4n) is 4.25. The van der Waals surface area contributed by atoms with Crippen LogP contribution in [-0.2, 0) is 0 Å². The second-order valence-corrected chi connectivity index (χ2v) is 8.02. The van der Waals surface area contributed by atoms with Crippen molar-refractivity contribution in [3.63, 3.8) is 0 Å². The Kier molecular flexibility index (Phi) is 8.70. The molecule has 2 rings (SSSR count). The Morgan fingerprint density at radius 3 is 1.33 bits per heavy atom. The molecule has 0 unspecified atom stereocenters. The number of aromatic hydroxyl groups is 1. The van der Waals surface area contributed by atoms with E-state index < -0.39 is 0 Å². The van der Waals surface area contributed by atoms with Crippen LogP contribution in [0.15, 0.2) is 12.1 Å². The summed E-state index contributed by atoms with van der Waals surface area (Å²) in [7, 11) is 0. The summed E-state index contributed by atoms with van der Waals surface area (Å²) in [5.41, 5.74) is 3.55. The van der Waals surface area contributed by atoms with Crippen LogP contribution in [0.25, 0.3) is 0 Å². The van der Waals surface area contributed by atoms with Crippen LogP contribution in [0.3, 0.4) is 0 Å². The van der Waals surface area contributed by atoms with Crippen LogP contribution in [0, 0.1) is 13.8 Å². The smallest absolute Gasteiger partial charge is 0.121 e. The topological polar surface area (TPSA) is 20.2 Å². The van der Waals surface area contributed by atoms with Crippen LogP contribution in [0.2, 0.25) is 0 Å². The Morgan fingerprint density at radius 2 is 0.958 bits per heavy atom. The first-order valence-electron chi connectivity index (χ1n) is 10.5. The molecule has 1 nitrogen and oxygen atoms in total. The van der Waals surface area contributed by atoms with Crippen molar-refractivity contribution in [2.75, 3.05) is 0 Å². The third-order valence-corrected chi connectivity index (χ3v) is 5.84. The van der Waals surface area contributed by atoms with E-state index >= 15 is 0 Å². The van der Waals surface area contributed by atoms with E-state index in [0.29, 0.717) is 11.7 Å². The van der Waals surface area contributed by atoms with E-state index in [0.717, 1.165) is 11.1 Å². The Hall–Kier alpha value is -0.980. The number of rotatable bonds is 1. The predicted octanol–water partition coefficient (Wildman–Crippen LogP) is 7.57. The van der Waals surface area contributed by atoms with E-state index in [1.165, 1.54) is 95.5 Å². The van der Waals surface area contributed by atoms with E-state index in [1.54, 1.807) is 0 Å². The van der Waals surface area contributed by atoms with Gasteiger partial charge < -0.3 is 5.11 Å². The zero-order chi connectivity index (χ0) is 17.2. The van der Waals surface area contributed by atoms with E-state index in [4.69, 9.17) is 0 Å². The molecule has 1 aliphatic carbocycles. The third-order valence-electron chi connectivity index (χ3n) is 5.84. The lowest BCUT2D eigenvalue weighted by atomic mass is 9.86. The molecule has 0 aromatic heterocycles. The Labute approximate surface area is 149 Å². The Balaban J connectivity index is 1.98. The van der Waals surface area contributed by atoms with Gasteiger partial charge in [-0.25, -0.2) is 0 Å². The van der Waals surface area contributed by atoms with Gasteiger partial charge in [-0.15, -0.1) is 0 Å². The lowest BCUT2D eigenvalue weighted by Gasteiger charge is -2.19. The lowest BCUT2D eigenvalue weighted by molar-refractivity contribution is 0.463. The summed E-state index contributed by atoms with van der Waals surface area (Å²) in [5.74, 6) is 1.17. The summed E-state index contributed by atoms with van der Waals surface area (Å²) in [5, 5.41) is 10.1. The van der Waals surface area contributed by atoms with Crippen molar-refractivity contribution in [1.82, 2.24) is 0 Å². The van der Waals surface area contributed by atoms with Crippen molar-refractivity contribution < 1.29 is 5.11 Å². The highest BCUT2D eigenvalue weighted by Crippen LogP contribution is 2.33. The zero-order valence-corrected chi connectivity index (χ0v) is 16.1. The van der Waals surface area contributed by atoms with Gasteiger partial charge in [0.05, 0.1) is 0 Å². The van der Waals surface area contributed by atoms with Crippen LogP contribution < -0.4 is 0 Å². The highest BCUT2D eigenvalue weighted by Gasteiger charge is 2.14. The van der Waals surface area contributed by atoms with E-state index in [2.05, 4.69) is 12.1 Å². The van der Waals surface area contributed by atoms with E-state index in [9.17, 15) is 5.11 Å². The van der Waals surface area contributed by atoms with Crippen LogP contribution in [-0.4, -0.2) is 5.11 Å². The van der Waals surface area contributed by atoms with Gasteiger partial charge in [-0.3, -0.25) is 0 Å². The van der Waals surface area contributed by atoms with E-state index in [1.807, 2.05) is 13.8 Å². The average molecular weight is 331 g/mol. The second-order valence-electron chi connectivity index (χ2n) is 8.02. The molecule has 0 saturated heterocycles. The van der Waals surface area contributed by atoms with Crippen molar-refractivity contribution >= 4 is 0 Å². The van der Waals surface area contributed by atoms with Gasteiger partial charge in [-0.1, -0.05) is 89.2 Å². The standard InChI is InChI=1S/C23H38O/c1-19-17-22(18-20(2)23(19)24)21-15-13-11-9-7-5-3-4-6-8-10-12-14-16-21/h17-18,21,24H,3-16H2,1-2H3. The summed E-state index contributed by atoms with van der Waals surface area (Å²) < 4.78 is 0. The van der Waals surface area contributed by atoms with Crippen molar-refractivity contribution in [2.24, 2.45) is 0 Å². The molecule has 0 radical (unpaired) electrons. The summed E-state index contributed by atoms with van der Waals surface area (Å²) in [6, 6.07) is 4.47. The molecular weight excluding hydrogens is 292 g/mol. The van der Waals surface area contributed by atoms with Gasteiger partial charge in [0.15, 0.2) is 0 Å². The molecule has 0 heterocycles. The molecular formula is C23H38O. The molecule has 136 valence electrons. The zero-order valence-electron chi connectivity index (χ0n) is 16.1. The molecule has 1 N–H and O–H groups in total. The highest BCUT2D eigenvalue weighted by molar-refractivity contribution is 5.43. The minimum Gasteiger partial charge on any atom is -0.507 e. The van der Waals surface area contributed by atoms with Gasteiger partial charge in [0.1, 0.15) is 5.75 Å². The minimum atomic E-state index is 0.482. The Morgan fingerprint density at radius 1 is 0.625 bits per heavy atom. The maximum Gasteiger partial charge on any atom is 0.121 e. The summed E-state index contributed by atoms with van der Waals surface area (Å²) in [6.07, 6.45) is 19.7. The SMILES string of the molecule is Cc1cc(C2CCCCCCCCCCCCCC2)cc(C)c1O. The monoisotopic (exact) mass is 330 g/mol. The second kappa shape index (κ2) is 10.8. The van der Waals surface area contributed by atoms with Crippen LogP contribution in [0.4, 0.5) is 0 Å². The summed E-state index contributed by atoms with van der Waals surface area (Å²) in [4.78, 5) is 0. The first-order valence-corrected chi connectivity index (χ1v) is 10.5. The number of hydrogen-bond acceptors (Lipinski definition) is 1. The molecule has 1 saturated carbocycles. The molecule has 0 bridgehead atoms. The number of phenols is 1. The molecule has 1 aromatic carbocycles. The quantitative estimate of drug-likeness (QED) is 0.563. The number of hydrogen-bond donors (Lipinski definition) is 1. The van der Waals surface area contributed by atoms with Crippen LogP contribution >= 0.6 is 0 Å². The van der Waals surface area contributed by atoms with Gasteiger partial charge in [-0.05, 0) is 49.3 Å². The number of benzene rings is 1. The van der Waals surface area contributed by atoms with Crippen molar-refractivity contribution in [2.45, 2.75) is 110 Å². The average Bonchev–Trinajstić information content (AvgIpc) is 2.58. The predicted molar refractivity (Wildman–Crippen MR) is 105 cm³/mol. The lowest BCUT2D eigenvalue weighted by Crippen LogP contribution is -2.01. The minimum absolute atomic E-state index is 0.482. The number of aryl methyl sites for hydroxylation is 2. The maximum atomic E-state index is 10.1. The molecule has 1 aromatic rings. The van der Waals surface area contributed by atoms with E-state index in [-0.39, 0.29) is 0 Å². The van der Waals surface area contributed by atoms with Crippen molar-refractivity contribution in [1.29, 1.82) is 0 Å². The van der Waals surface area contributed by atoms with Crippen LogP contribution in [0.1, 0.15) is 112 Å². The van der Waals surface area contributed by atoms with Gasteiger partial charge in [0.2, 0.25) is 0 Å². The number of phenolic OH excluding ortho intramolecular Hbond substituents is 1. The first kappa shape index (κ1) is 19.3. The highest BCUT2D eigenvalue weighted by atomic mass is 16.3. The van der Waals surface area contributed by atoms with Crippen molar-refractivity contribution in [3.05, 3.63) is 28.8 Å². The Bertz CT molecular complexity index is 438. The molecule has 0 spiro atoms. The molecule has 1 aliphatic rings.